The number of pyridine rings is 1. The highest BCUT2D eigenvalue weighted by atomic mass is 35.5. The number of nitrogens with one attached hydrogen (secondary N) is 1. The van der Waals surface area contributed by atoms with Crippen molar-refractivity contribution in [3.05, 3.63) is 117 Å². The lowest BCUT2D eigenvalue weighted by molar-refractivity contribution is -0.377. The second kappa shape index (κ2) is 17.8. The molecule has 1 aromatic heterocycles. The van der Waals surface area contributed by atoms with E-state index in [1.54, 1.807) is 47.6 Å². The van der Waals surface area contributed by atoms with E-state index in [4.69, 9.17) is 42.1 Å². The van der Waals surface area contributed by atoms with E-state index < -0.39 is 24.8 Å². The van der Waals surface area contributed by atoms with Crippen molar-refractivity contribution in [2.75, 3.05) is 31.1 Å². The number of aromatic amines is 1. The summed E-state index contributed by atoms with van der Waals surface area (Å²) < 4.78 is 49.5. The van der Waals surface area contributed by atoms with Gasteiger partial charge in [0, 0.05) is 24.2 Å². The molecule has 0 unspecified atom stereocenters. The monoisotopic (exact) mass is 783 g/mol. The highest BCUT2D eigenvalue weighted by Gasteiger charge is 2.37. The van der Waals surface area contributed by atoms with Crippen LogP contribution in [-0.4, -0.2) is 61.4 Å². The van der Waals surface area contributed by atoms with Crippen molar-refractivity contribution < 1.29 is 47.8 Å². The van der Waals surface area contributed by atoms with Gasteiger partial charge in [-0.05, 0) is 98.1 Å². The van der Waals surface area contributed by atoms with Crippen molar-refractivity contribution in [1.82, 2.24) is 4.90 Å². The highest BCUT2D eigenvalue weighted by molar-refractivity contribution is 6.35. The molecule has 4 aliphatic rings. The summed E-state index contributed by atoms with van der Waals surface area (Å²) >= 11 is 13.0. The molecule has 0 spiro atoms. The Labute approximate surface area is 322 Å². The Hall–Kier alpha value is -4.49. The molecule has 4 aromatic rings. The summed E-state index contributed by atoms with van der Waals surface area (Å²) in [6.07, 6.45) is 5.64. The number of halogens is 4. The van der Waals surface area contributed by atoms with Crippen molar-refractivity contribution in [3.8, 4) is 11.5 Å². The van der Waals surface area contributed by atoms with Gasteiger partial charge in [-0.1, -0.05) is 59.6 Å². The molecule has 2 bridgehead atoms. The van der Waals surface area contributed by atoms with Crippen LogP contribution in [0.3, 0.4) is 0 Å². The fraction of sp³-hybridized carbons (Fsp3) is 0.375. The largest absolute Gasteiger partial charge is 0.870 e. The third kappa shape index (κ3) is 9.78. The number of carbonyl (C=O) groups is 2. The van der Waals surface area contributed by atoms with Crippen LogP contribution in [0.2, 0.25) is 10.0 Å². The lowest BCUT2D eigenvalue weighted by Gasteiger charge is -2.44. The molecule has 3 aromatic carbocycles. The van der Waals surface area contributed by atoms with E-state index in [1.165, 1.54) is 6.07 Å². The fourth-order valence-corrected chi connectivity index (χ4v) is 7.42. The molecular formula is C40H41Cl2F2N3O7. The Morgan fingerprint density at radius 1 is 0.907 bits per heavy atom. The average Bonchev–Trinajstić information content (AvgIpc) is 4.00. The number of hydrogen-bond acceptors (Lipinski definition) is 8. The number of alkyl halides is 2. The molecule has 1 amide bonds. The maximum atomic E-state index is 13.9. The number of H-pyrrole nitrogens is 1. The lowest BCUT2D eigenvalue weighted by Crippen LogP contribution is -2.53. The van der Waals surface area contributed by atoms with Gasteiger partial charge in [-0.2, -0.15) is 8.78 Å². The minimum absolute atomic E-state index is 0. The third-order valence-electron chi connectivity index (χ3n) is 10.0. The van der Waals surface area contributed by atoms with Crippen LogP contribution >= 0.6 is 23.2 Å². The molecular weight excluding hydrogens is 743 g/mol. The minimum Gasteiger partial charge on any atom is -0.870 e. The van der Waals surface area contributed by atoms with E-state index in [0.29, 0.717) is 50.9 Å². The van der Waals surface area contributed by atoms with E-state index in [9.17, 15) is 18.4 Å². The zero-order valence-electron chi connectivity index (χ0n) is 29.3. The topological polar surface area (TPSA) is 122 Å². The summed E-state index contributed by atoms with van der Waals surface area (Å²) in [4.78, 5) is 34.5. The van der Waals surface area contributed by atoms with E-state index in [1.807, 2.05) is 36.4 Å². The van der Waals surface area contributed by atoms with Crippen molar-refractivity contribution in [2.24, 2.45) is 11.8 Å². The van der Waals surface area contributed by atoms with Gasteiger partial charge in [-0.3, -0.25) is 9.80 Å². The molecule has 2 atom stereocenters. The molecule has 8 rings (SSSR count). The predicted octanol–water partition coefficient (Wildman–Crippen LogP) is 8.40. The average molecular weight is 785 g/mol. The number of benzene rings is 3. The number of amides is 1. The minimum atomic E-state index is -3.05. The molecule has 14 heteroatoms. The standard InChI is InChI=1S/C40H39Cl2F2N3O6.H2O/c41-32-20-45-21-33(42)31(32)19-35(28-11-12-34(52-39(43)44)36(18-28)50-24-25-9-10-25)51-38(48)29-6-4-5-26(17-29)22-47(30-7-2-1-3-8-30)40(49)53-37-23-46-15-13-27(37)14-16-46;/h1-8,11-12,17-18,20-21,25,27,35,37,39H,9-10,13-16,19,22-24H2;1H2/t35-,37-;/m0./s1. The molecule has 286 valence electrons. The third-order valence-corrected chi connectivity index (χ3v) is 10.7. The van der Waals surface area contributed by atoms with Crippen LogP contribution in [0.5, 0.6) is 11.5 Å². The number of rotatable bonds is 14. The first-order valence-corrected chi connectivity index (χ1v) is 18.6. The molecule has 4 heterocycles. The summed E-state index contributed by atoms with van der Waals surface area (Å²) in [7, 11) is 0. The Kier molecular flexibility index (Phi) is 12.9. The van der Waals surface area contributed by atoms with Crippen molar-refractivity contribution in [3.63, 3.8) is 0 Å². The van der Waals surface area contributed by atoms with E-state index in [-0.39, 0.29) is 41.6 Å². The van der Waals surface area contributed by atoms with Crippen LogP contribution in [0.1, 0.15) is 58.8 Å². The van der Waals surface area contributed by atoms with Crippen LogP contribution in [0.4, 0.5) is 19.3 Å². The predicted molar refractivity (Wildman–Crippen MR) is 197 cm³/mol. The smallest absolute Gasteiger partial charge is 0.414 e. The highest BCUT2D eigenvalue weighted by Crippen LogP contribution is 2.38. The normalized spacial score (nSPS) is 19.4. The lowest BCUT2D eigenvalue weighted by atomic mass is 9.86. The number of para-hydroxylation sites is 1. The van der Waals surface area contributed by atoms with E-state index in [0.717, 1.165) is 45.3 Å². The van der Waals surface area contributed by atoms with Gasteiger partial charge in [0.15, 0.2) is 23.9 Å². The summed E-state index contributed by atoms with van der Waals surface area (Å²) in [5, 5.41) is 0.657. The summed E-state index contributed by atoms with van der Waals surface area (Å²) in [5.41, 5.74) is 2.58. The second-order valence-corrected chi connectivity index (χ2v) is 14.6. The van der Waals surface area contributed by atoms with Gasteiger partial charge in [-0.25, -0.2) is 14.6 Å². The van der Waals surface area contributed by atoms with Crippen molar-refractivity contribution in [2.45, 2.75) is 57.5 Å². The number of fused-ring (bicyclic) bond motifs is 3. The fourth-order valence-electron chi connectivity index (χ4n) is 6.89. The van der Waals surface area contributed by atoms with Gasteiger partial charge >= 0.3 is 18.7 Å². The molecule has 3 aliphatic heterocycles. The van der Waals surface area contributed by atoms with Gasteiger partial charge in [-0.15, -0.1) is 0 Å². The van der Waals surface area contributed by atoms with Gasteiger partial charge in [0.1, 0.15) is 22.3 Å². The number of aromatic nitrogens is 1. The zero-order chi connectivity index (χ0) is 36.9. The molecule has 3 saturated heterocycles. The number of esters is 1. The molecule has 4 fully saturated rings. The number of carbonyl (C=O) groups excluding carboxylic acids is 2. The maximum Gasteiger partial charge on any atom is 0.414 e. The number of hydrogen-bond donors (Lipinski definition) is 0. The number of ether oxygens (including phenoxy) is 4. The first-order chi connectivity index (χ1) is 25.7. The van der Waals surface area contributed by atoms with Gasteiger partial charge in [0.25, 0.3) is 0 Å². The molecule has 2 N–H and O–H groups in total. The molecule has 0 radical (unpaired) electrons. The second-order valence-electron chi connectivity index (χ2n) is 13.7. The summed E-state index contributed by atoms with van der Waals surface area (Å²) in [5.74, 6) is 0.0310. The number of anilines is 1. The molecule has 10 nitrogen and oxygen atoms in total. The van der Waals surface area contributed by atoms with Crippen LogP contribution < -0.4 is 19.4 Å². The van der Waals surface area contributed by atoms with Crippen molar-refractivity contribution >= 4 is 41.0 Å². The Balaban J connectivity index is 0.00000497. The van der Waals surface area contributed by atoms with Gasteiger partial charge in [0.05, 0.1) is 18.7 Å². The maximum absolute atomic E-state index is 13.9. The molecule has 54 heavy (non-hydrogen) atoms. The number of nitrogens with zero attached hydrogens (tertiary/aromatic N) is 2. The summed E-state index contributed by atoms with van der Waals surface area (Å²) in [6.45, 7) is 0.233. The van der Waals surface area contributed by atoms with Crippen LogP contribution in [-0.2, 0) is 22.4 Å². The summed E-state index contributed by atoms with van der Waals surface area (Å²) in [6, 6.07) is 20.6. The Morgan fingerprint density at radius 2 is 1.65 bits per heavy atom. The first kappa shape index (κ1) is 39.2. The number of piperidine rings is 3. The SMILES string of the molecule is O=C(O[C@@H](Cc1c(Cl)c[nH+]cc1Cl)c1ccc(OC(F)F)c(OCC2CC2)c1)c1cccc(CN(C(=O)O[C@H]2CN3CCC2CC3)c2ccccc2)c1.[OH-]. The molecule has 1 aliphatic carbocycles. The van der Waals surface area contributed by atoms with Gasteiger partial charge < -0.3 is 24.4 Å². The zero-order valence-corrected chi connectivity index (χ0v) is 30.9. The first-order valence-electron chi connectivity index (χ1n) is 17.8. The quantitative estimate of drug-likeness (QED) is 0.117. The van der Waals surface area contributed by atoms with Gasteiger partial charge in [0.2, 0.25) is 0 Å². The van der Waals surface area contributed by atoms with Crippen LogP contribution in [0, 0.1) is 11.8 Å². The van der Waals surface area contributed by atoms with E-state index in [2.05, 4.69) is 9.88 Å². The van der Waals surface area contributed by atoms with Crippen LogP contribution in [0.15, 0.2) is 85.2 Å². The van der Waals surface area contributed by atoms with Crippen molar-refractivity contribution in [1.29, 1.82) is 0 Å². The Morgan fingerprint density at radius 3 is 2.31 bits per heavy atom. The van der Waals surface area contributed by atoms with E-state index >= 15 is 0 Å². The molecule has 1 saturated carbocycles. The Bertz CT molecular complexity index is 1890. The van der Waals surface area contributed by atoms with Crippen LogP contribution in [0.25, 0.3) is 0 Å².